The Morgan fingerprint density at radius 2 is 1.94 bits per heavy atom. The van der Waals surface area contributed by atoms with Crippen molar-refractivity contribution in [1.82, 2.24) is 4.31 Å². The summed E-state index contributed by atoms with van der Waals surface area (Å²) in [5, 5.41) is 0. The van der Waals surface area contributed by atoms with Gasteiger partial charge in [0.05, 0.1) is 4.90 Å². The number of benzene rings is 1. The molecule has 0 aliphatic heterocycles. The third-order valence-electron chi connectivity index (χ3n) is 3.31. The predicted molar refractivity (Wildman–Crippen MR) is 77.9 cm³/mol. The zero-order chi connectivity index (χ0) is 14.1. The first kappa shape index (κ1) is 15.5. The Hall–Kier alpha value is -0.590. The summed E-state index contributed by atoms with van der Waals surface area (Å²) in [7, 11) is -1.96. The molecule has 0 saturated carbocycles. The van der Waals surface area contributed by atoms with Crippen LogP contribution >= 0.6 is 15.9 Å². The highest BCUT2D eigenvalue weighted by atomic mass is 79.9. The van der Waals surface area contributed by atoms with Gasteiger partial charge >= 0.3 is 0 Å². The molecule has 0 radical (unpaired) electrons. The smallest absolute Gasteiger partial charge is 0.244 e. The normalized spacial score (nSPS) is 13.0. The molecule has 18 heavy (non-hydrogen) atoms. The molecule has 0 saturated heterocycles. The average Bonchev–Trinajstić information content (AvgIpc) is 2.31. The Balaban J connectivity index is 3.34. The molecule has 1 aromatic rings. The minimum atomic E-state index is -3.56. The van der Waals surface area contributed by atoms with E-state index in [1.54, 1.807) is 19.2 Å². The fourth-order valence-electron chi connectivity index (χ4n) is 1.41. The second-order valence-corrected chi connectivity index (χ2v) is 7.62. The number of nitrogens with zero attached hydrogens (tertiary/aromatic N) is 1. The molecule has 0 aliphatic rings. The molecule has 1 rings (SSSR count). The topological polar surface area (TPSA) is 63.4 Å². The van der Waals surface area contributed by atoms with Gasteiger partial charge in [0.15, 0.2) is 0 Å². The van der Waals surface area contributed by atoms with E-state index in [9.17, 15) is 8.42 Å². The van der Waals surface area contributed by atoms with Crippen LogP contribution < -0.4 is 5.73 Å². The van der Waals surface area contributed by atoms with E-state index in [0.717, 1.165) is 6.42 Å². The van der Waals surface area contributed by atoms with E-state index in [2.05, 4.69) is 15.9 Å². The van der Waals surface area contributed by atoms with E-state index >= 15 is 0 Å². The van der Waals surface area contributed by atoms with Gasteiger partial charge in [-0.3, -0.25) is 0 Å². The molecule has 1 aromatic carbocycles. The molecule has 0 bridgehead atoms. The molecule has 0 heterocycles. The Labute approximate surface area is 117 Å². The number of hydrogen-bond donors (Lipinski definition) is 1. The van der Waals surface area contributed by atoms with Crippen molar-refractivity contribution in [2.45, 2.75) is 37.6 Å². The maximum atomic E-state index is 12.6. The first-order valence-electron chi connectivity index (χ1n) is 5.67. The monoisotopic (exact) mass is 334 g/mol. The summed E-state index contributed by atoms with van der Waals surface area (Å²) in [4.78, 5) is 0.200. The van der Waals surface area contributed by atoms with Crippen LogP contribution in [0.15, 0.2) is 27.6 Å². The van der Waals surface area contributed by atoms with Crippen molar-refractivity contribution in [3.8, 4) is 0 Å². The molecular weight excluding hydrogens is 316 g/mol. The van der Waals surface area contributed by atoms with Crippen LogP contribution in [0.2, 0.25) is 0 Å². The van der Waals surface area contributed by atoms with Crippen molar-refractivity contribution in [1.29, 1.82) is 0 Å². The standard InChI is InChI=1S/C12H19BrN2O2S/c1-5-12(2,3)15(4)18(16,17)11-8-9(14)6-7-10(11)13/h6-8H,5,14H2,1-4H3. The number of rotatable bonds is 4. The van der Waals surface area contributed by atoms with Crippen molar-refractivity contribution in [3.63, 3.8) is 0 Å². The molecule has 0 fully saturated rings. The molecule has 6 heteroatoms. The van der Waals surface area contributed by atoms with Gasteiger partial charge in [0.25, 0.3) is 0 Å². The van der Waals surface area contributed by atoms with Crippen LogP contribution in [0.4, 0.5) is 5.69 Å². The zero-order valence-electron chi connectivity index (χ0n) is 11.1. The van der Waals surface area contributed by atoms with Crippen LogP contribution in [-0.2, 0) is 10.0 Å². The summed E-state index contributed by atoms with van der Waals surface area (Å²) in [6.07, 6.45) is 0.725. The first-order valence-corrected chi connectivity index (χ1v) is 7.90. The second-order valence-electron chi connectivity index (χ2n) is 4.83. The zero-order valence-corrected chi connectivity index (χ0v) is 13.5. The highest BCUT2D eigenvalue weighted by Gasteiger charge is 2.33. The van der Waals surface area contributed by atoms with Crippen LogP contribution in [0.1, 0.15) is 27.2 Å². The Morgan fingerprint density at radius 3 is 2.44 bits per heavy atom. The van der Waals surface area contributed by atoms with Gasteiger partial charge in [-0.15, -0.1) is 0 Å². The molecule has 0 aromatic heterocycles. The molecule has 0 unspecified atom stereocenters. The van der Waals surface area contributed by atoms with Gasteiger partial charge in [0, 0.05) is 22.7 Å². The number of halogens is 1. The van der Waals surface area contributed by atoms with Gasteiger partial charge in [-0.25, -0.2) is 8.42 Å². The predicted octanol–water partition coefficient (Wildman–Crippen LogP) is 2.84. The van der Waals surface area contributed by atoms with Gasteiger partial charge in [0.1, 0.15) is 0 Å². The lowest BCUT2D eigenvalue weighted by atomic mass is 10.0. The summed E-state index contributed by atoms with van der Waals surface area (Å²) >= 11 is 3.26. The minimum absolute atomic E-state index is 0.200. The SMILES string of the molecule is CCC(C)(C)N(C)S(=O)(=O)c1cc(N)ccc1Br. The third-order valence-corrected chi connectivity index (χ3v) is 6.37. The van der Waals surface area contributed by atoms with Crippen LogP contribution in [0.25, 0.3) is 0 Å². The van der Waals surface area contributed by atoms with Crippen LogP contribution in [0.5, 0.6) is 0 Å². The van der Waals surface area contributed by atoms with Gasteiger partial charge in [-0.1, -0.05) is 6.92 Å². The van der Waals surface area contributed by atoms with E-state index < -0.39 is 15.6 Å². The highest BCUT2D eigenvalue weighted by Crippen LogP contribution is 2.30. The minimum Gasteiger partial charge on any atom is -0.399 e. The maximum Gasteiger partial charge on any atom is 0.244 e. The van der Waals surface area contributed by atoms with Crippen LogP contribution in [0, 0.1) is 0 Å². The lowest BCUT2D eigenvalue weighted by molar-refractivity contribution is 0.257. The van der Waals surface area contributed by atoms with Gasteiger partial charge < -0.3 is 5.73 Å². The summed E-state index contributed by atoms with van der Waals surface area (Å²) in [5.41, 5.74) is 5.65. The Bertz CT molecular complexity index is 541. The molecule has 0 amide bonds. The second kappa shape index (κ2) is 5.19. The fourth-order valence-corrected chi connectivity index (χ4v) is 3.95. The Morgan fingerprint density at radius 1 is 1.39 bits per heavy atom. The number of sulfonamides is 1. The summed E-state index contributed by atoms with van der Waals surface area (Å²) in [5.74, 6) is 0. The molecule has 4 nitrogen and oxygen atoms in total. The average molecular weight is 335 g/mol. The number of nitrogen functional groups attached to an aromatic ring is 1. The van der Waals surface area contributed by atoms with Crippen molar-refractivity contribution >= 4 is 31.6 Å². The molecular formula is C12H19BrN2O2S. The highest BCUT2D eigenvalue weighted by molar-refractivity contribution is 9.10. The molecule has 0 aliphatic carbocycles. The van der Waals surface area contributed by atoms with Crippen LogP contribution in [-0.4, -0.2) is 25.3 Å². The first-order chi connectivity index (χ1) is 8.13. The lowest BCUT2D eigenvalue weighted by Gasteiger charge is -2.34. The largest absolute Gasteiger partial charge is 0.399 e. The van der Waals surface area contributed by atoms with E-state index in [1.807, 2.05) is 20.8 Å². The lowest BCUT2D eigenvalue weighted by Crippen LogP contribution is -2.44. The summed E-state index contributed by atoms with van der Waals surface area (Å²) < 4.78 is 27.0. The van der Waals surface area contributed by atoms with Crippen LogP contribution in [0.3, 0.4) is 0 Å². The quantitative estimate of drug-likeness (QED) is 0.861. The van der Waals surface area contributed by atoms with Crippen molar-refractivity contribution < 1.29 is 8.42 Å². The van der Waals surface area contributed by atoms with Gasteiger partial charge in [-0.05, 0) is 54.4 Å². The van der Waals surface area contributed by atoms with E-state index in [4.69, 9.17) is 5.73 Å². The summed E-state index contributed by atoms with van der Waals surface area (Å²) in [6.45, 7) is 5.75. The fraction of sp³-hybridized carbons (Fsp3) is 0.500. The van der Waals surface area contributed by atoms with Crippen molar-refractivity contribution in [2.75, 3.05) is 12.8 Å². The number of nitrogens with two attached hydrogens (primary N) is 1. The molecule has 0 spiro atoms. The molecule has 0 atom stereocenters. The Kier molecular flexibility index (Phi) is 4.46. The number of hydrogen-bond acceptors (Lipinski definition) is 3. The molecule has 2 N–H and O–H groups in total. The van der Waals surface area contributed by atoms with E-state index in [0.29, 0.717) is 10.2 Å². The van der Waals surface area contributed by atoms with Gasteiger partial charge in [-0.2, -0.15) is 4.31 Å². The van der Waals surface area contributed by atoms with Gasteiger partial charge in [0.2, 0.25) is 10.0 Å². The summed E-state index contributed by atoms with van der Waals surface area (Å²) in [6, 6.07) is 4.78. The number of anilines is 1. The maximum absolute atomic E-state index is 12.6. The van der Waals surface area contributed by atoms with Crippen molar-refractivity contribution in [2.24, 2.45) is 0 Å². The van der Waals surface area contributed by atoms with Crippen molar-refractivity contribution in [3.05, 3.63) is 22.7 Å². The molecule has 102 valence electrons. The van der Waals surface area contributed by atoms with E-state index in [1.165, 1.54) is 10.4 Å². The van der Waals surface area contributed by atoms with E-state index in [-0.39, 0.29) is 4.90 Å². The third kappa shape index (κ3) is 2.87.